The molecule has 124 valence electrons. The number of para-hydroxylation sites is 2. The fraction of sp³-hybridized carbons (Fsp3) is 0. The molecule has 6 heteroatoms. The second kappa shape index (κ2) is 5.90. The van der Waals surface area contributed by atoms with Crippen LogP contribution in [0.15, 0.2) is 71.5 Å². The van der Waals surface area contributed by atoms with Crippen LogP contribution in [0.1, 0.15) is 0 Å². The largest absolute Gasteiger partial charge is 0.355 e. The molecule has 0 fully saturated rings. The minimum Gasteiger partial charge on any atom is -0.355 e. The zero-order valence-corrected chi connectivity index (χ0v) is 13.0. The SMILES string of the molecule is O=c1[nH]c2cc(Nc3ccccc3)ccc2n1-c1c(F)cccc1F. The minimum atomic E-state index is -0.797. The number of aromatic amines is 1. The lowest BCUT2D eigenvalue weighted by atomic mass is 10.2. The van der Waals surface area contributed by atoms with E-state index in [4.69, 9.17) is 0 Å². The third-order valence-electron chi connectivity index (χ3n) is 3.91. The summed E-state index contributed by atoms with van der Waals surface area (Å²) in [5.74, 6) is -1.59. The zero-order chi connectivity index (χ0) is 17.4. The first-order valence-electron chi connectivity index (χ1n) is 7.65. The van der Waals surface area contributed by atoms with Gasteiger partial charge in [0.05, 0.1) is 11.0 Å². The molecule has 4 rings (SSSR count). The van der Waals surface area contributed by atoms with Gasteiger partial charge in [0.1, 0.15) is 17.3 Å². The fourth-order valence-electron chi connectivity index (χ4n) is 2.80. The van der Waals surface area contributed by atoms with E-state index < -0.39 is 17.3 Å². The van der Waals surface area contributed by atoms with Gasteiger partial charge in [-0.15, -0.1) is 0 Å². The zero-order valence-electron chi connectivity index (χ0n) is 13.0. The van der Waals surface area contributed by atoms with E-state index in [2.05, 4.69) is 10.3 Å². The van der Waals surface area contributed by atoms with Crippen LogP contribution in [-0.2, 0) is 0 Å². The number of H-pyrrole nitrogens is 1. The van der Waals surface area contributed by atoms with Crippen LogP contribution in [0.3, 0.4) is 0 Å². The molecular weight excluding hydrogens is 324 g/mol. The van der Waals surface area contributed by atoms with Gasteiger partial charge in [0, 0.05) is 11.4 Å². The molecule has 0 saturated heterocycles. The number of hydrogen-bond acceptors (Lipinski definition) is 2. The average molecular weight is 337 g/mol. The number of rotatable bonds is 3. The highest BCUT2D eigenvalue weighted by molar-refractivity contribution is 5.82. The molecule has 4 nitrogen and oxygen atoms in total. The molecule has 0 aliphatic heterocycles. The maximum Gasteiger partial charge on any atom is 0.331 e. The van der Waals surface area contributed by atoms with Crippen molar-refractivity contribution in [2.75, 3.05) is 5.32 Å². The summed E-state index contributed by atoms with van der Waals surface area (Å²) in [4.78, 5) is 14.9. The van der Waals surface area contributed by atoms with Crippen LogP contribution in [0.25, 0.3) is 16.7 Å². The maximum atomic E-state index is 14.1. The van der Waals surface area contributed by atoms with Crippen LogP contribution in [0.2, 0.25) is 0 Å². The molecular formula is C19H13F2N3O. The monoisotopic (exact) mass is 337 g/mol. The summed E-state index contributed by atoms with van der Waals surface area (Å²) in [6.45, 7) is 0. The number of anilines is 2. The molecule has 0 unspecified atom stereocenters. The molecule has 0 atom stereocenters. The van der Waals surface area contributed by atoms with E-state index in [9.17, 15) is 13.6 Å². The predicted molar refractivity (Wildman–Crippen MR) is 93.5 cm³/mol. The lowest BCUT2D eigenvalue weighted by Crippen LogP contribution is -2.17. The minimum absolute atomic E-state index is 0.387. The van der Waals surface area contributed by atoms with Crippen LogP contribution in [-0.4, -0.2) is 9.55 Å². The van der Waals surface area contributed by atoms with E-state index in [0.717, 1.165) is 28.1 Å². The van der Waals surface area contributed by atoms with Gasteiger partial charge in [-0.25, -0.2) is 13.6 Å². The van der Waals surface area contributed by atoms with Gasteiger partial charge in [0.2, 0.25) is 0 Å². The topological polar surface area (TPSA) is 49.8 Å². The van der Waals surface area contributed by atoms with Crippen molar-refractivity contribution < 1.29 is 8.78 Å². The Morgan fingerprint density at radius 1 is 0.840 bits per heavy atom. The molecule has 25 heavy (non-hydrogen) atoms. The van der Waals surface area contributed by atoms with Crippen molar-refractivity contribution in [1.29, 1.82) is 0 Å². The molecule has 3 aromatic carbocycles. The van der Waals surface area contributed by atoms with E-state index in [-0.39, 0.29) is 5.69 Å². The van der Waals surface area contributed by atoms with E-state index in [1.165, 1.54) is 6.07 Å². The molecule has 2 N–H and O–H groups in total. The number of aromatic nitrogens is 2. The lowest BCUT2D eigenvalue weighted by molar-refractivity contribution is 0.569. The van der Waals surface area contributed by atoms with Gasteiger partial charge in [-0.3, -0.25) is 4.57 Å². The van der Waals surface area contributed by atoms with E-state index in [1.807, 2.05) is 30.3 Å². The quantitative estimate of drug-likeness (QED) is 0.584. The van der Waals surface area contributed by atoms with Crippen LogP contribution in [0.5, 0.6) is 0 Å². The van der Waals surface area contributed by atoms with Gasteiger partial charge < -0.3 is 10.3 Å². The summed E-state index contributed by atoms with van der Waals surface area (Å²) in [5, 5.41) is 3.21. The highest BCUT2D eigenvalue weighted by Gasteiger charge is 2.16. The molecule has 0 amide bonds. The predicted octanol–water partition coefficient (Wildman–Crippen LogP) is 4.34. The Balaban J connectivity index is 1.83. The molecule has 1 aromatic heterocycles. The van der Waals surface area contributed by atoms with Crippen molar-refractivity contribution in [3.63, 3.8) is 0 Å². The van der Waals surface area contributed by atoms with E-state index in [1.54, 1.807) is 18.2 Å². The highest BCUT2D eigenvalue weighted by Crippen LogP contribution is 2.24. The Hall–Kier alpha value is -3.41. The number of nitrogens with zero attached hydrogens (tertiary/aromatic N) is 1. The fourth-order valence-corrected chi connectivity index (χ4v) is 2.80. The van der Waals surface area contributed by atoms with Crippen molar-refractivity contribution in [1.82, 2.24) is 9.55 Å². The van der Waals surface area contributed by atoms with E-state index >= 15 is 0 Å². The summed E-state index contributed by atoms with van der Waals surface area (Å²) < 4.78 is 29.1. The molecule has 0 aliphatic rings. The van der Waals surface area contributed by atoms with Crippen molar-refractivity contribution in [2.24, 2.45) is 0 Å². The van der Waals surface area contributed by atoms with Gasteiger partial charge in [-0.1, -0.05) is 24.3 Å². The van der Waals surface area contributed by atoms with Gasteiger partial charge >= 0.3 is 5.69 Å². The van der Waals surface area contributed by atoms with E-state index in [0.29, 0.717) is 11.0 Å². The van der Waals surface area contributed by atoms with Crippen LogP contribution in [0.4, 0.5) is 20.2 Å². The normalized spacial score (nSPS) is 11.0. The number of benzene rings is 3. The van der Waals surface area contributed by atoms with Gasteiger partial charge in [0.15, 0.2) is 0 Å². The molecule has 0 bridgehead atoms. The second-order valence-electron chi connectivity index (χ2n) is 5.56. The lowest BCUT2D eigenvalue weighted by Gasteiger charge is -2.08. The number of hydrogen-bond donors (Lipinski definition) is 2. The number of halogens is 2. The number of imidazole rings is 1. The Kier molecular flexibility index (Phi) is 3.57. The Morgan fingerprint density at radius 2 is 1.56 bits per heavy atom. The number of fused-ring (bicyclic) bond motifs is 1. The van der Waals surface area contributed by atoms with Crippen LogP contribution < -0.4 is 11.0 Å². The molecule has 0 spiro atoms. The van der Waals surface area contributed by atoms with Crippen molar-refractivity contribution in [2.45, 2.75) is 0 Å². The summed E-state index contributed by atoms with van der Waals surface area (Å²) in [6.07, 6.45) is 0. The Labute approximate surface area is 141 Å². The summed E-state index contributed by atoms with van der Waals surface area (Å²) >= 11 is 0. The van der Waals surface area contributed by atoms with Crippen LogP contribution in [0, 0.1) is 11.6 Å². The maximum absolute atomic E-state index is 14.1. The first-order chi connectivity index (χ1) is 12.1. The summed E-state index contributed by atoms with van der Waals surface area (Å²) in [7, 11) is 0. The Bertz CT molecular complexity index is 1100. The second-order valence-corrected chi connectivity index (χ2v) is 5.56. The first-order valence-corrected chi connectivity index (χ1v) is 7.65. The standard InChI is InChI=1S/C19H13F2N3O/c20-14-7-4-8-15(21)18(14)24-17-10-9-13(11-16(17)23-19(24)25)22-12-5-2-1-3-6-12/h1-11,22H,(H,23,25). The number of nitrogens with one attached hydrogen (secondary N) is 2. The van der Waals surface area contributed by atoms with Gasteiger partial charge in [-0.2, -0.15) is 0 Å². The molecule has 1 heterocycles. The van der Waals surface area contributed by atoms with Crippen molar-refractivity contribution >= 4 is 22.4 Å². The molecule has 0 radical (unpaired) electrons. The third-order valence-corrected chi connectivity index (χ3v) is 3.91. The van der Waals surface area contributed by atoms with Gasteiger partial charge in [0.25, 0.3) is 0 Å². The average Bonchev–Trinajstić information content (AvgIpc) is 2.91. The smallest absolute Gasteiger partial charge is 0.331 e. The highest BCUT2D eigenvalue weighted by atomic mass is 19.1. The summed E-state index contributed by atoms with van der Waals surface area (Å²) in [5.41, 5.74) is 1.53. The summed E-state index contributed by atoms with van der Waals surface area (Å²) in [6, 6.07) is 18.1. The first kappa shape index (κ1) is 15.1. The molecule has 4 aromatic rings. The molecule has 0 aliphatic carbocycles. The van der Waals surface area contributed by atoms with Crippen molar-refractivity contribution in [3.8, 4) is 5.69 Å². The van der Waals surface area contributed by atoms with Crippen LogP contribution >= 0.6 is 0 Å². The third kappa shape index (κ3) is 2.67. The molecule has 0 saturated carbocycles. The Morgan fingerprint density at radius 3 is 2.28 bits per heavy atom. The van der Waals surface area contributed by atoms with Crippen molar-refractivity contribution in [3.05, 3.63) is 88.8 Å². The van der Waals surface area contributed by atoms with Gasteiger partial charge in [-0.05, 0) is 42.5 Å².